The molecule has 0 radical (unpaired) electrons. The van der Waals surface area contributed by atoms with Crippen molar-refractivity contribution in [2.24, 2.45) is 5.92 Å². The van der Waals surface area contributed by atoms with E-state index in [2.05, 4.69) is 15.1 Å². The molecule has 8 heteroatoms. The average molecular weight is 455 g/mol. The van der Waals surface area contributed by atoms with E-state index < -0.39 is 17.7 Å². The van der Waals surface area contributed by atoms with Gasteiger partial charge in [-0.05, 0) is 54.4 Å². The Hall–Kier alpha value is -3.42. The Morgan fingerprint density at radius 3 is 2.61 bits per heavy atom. The first-order valence-electron chi connectivity index (χ1n) is 11.0. The van der Waals surface area contributed by atoms with Crippen molar-refractivity contribution in [1.82, 2.24) is 5.32 Å². The van der Waals surface area contributed by atoms with Gasteiger partial charge in [-0.1, -0.05) is 18.2 Å². The first-order valence-corrected chi connectivity index (χ1v) is 11.0. The number of nitrogens with zero attached hydrogens (tertiary/aromatic N) is 2. The minimum Gasteiger partial charge on any atom is -0.467 e. The van der Waals surface area contributed by atoms with Gasteiger partial charge in [0.1, 0.15) is 5.76 Å². The van der Waals surface area contributed by atoms with Gasteiger partial charge in [-0.15, -0.1) is 0 Å². The van der Waals surface area contributed by atoms with E-state index >= 15 is 0 Å². The molecule has 1 aromatic heterocycles. The minimum absolute atomic E-state index is 0.153. The summed E-state index contributed by atoms with van der Waals surface area (Å²) in [4.78, 5) is 17.6. The van der Waals surface area contributed by atoms with Gasteiger partial charge in [0.2, 0.25) is 5.91 Å². The maximum atomic E-state index is 13.4. The Morgan fingerprint density at radius 1 is 1.06 bits per heavy atom. The third-order valence-electron chi connectivity index (χ3n) is 6.51. The molecule has 2 atom stereocenters. The highest BCUT2D eigenvalue weighted by Crippen LogP contribution is 2.40. The van der Waals surface area contributed by atoms with Gasteiger partial charge in [0.25, 0.3) is 0 Å². The van der Waals surface area contributed by atoms with Crippen LogP contribution >= 0.6 is 0 Å². The lowest BCUT2D eigenvalue weighted by molar-refractivity contribution is -0.137. The lowest BCUT2D eigenvalue weighted by Gasteiger charge is -2.49. The van der Waals surface area contributed by atoms with Crippen LogP contribution in [0, 0.1) is 5.92 Å². The highest BCUT2D eigenvalue weighted by Gasteiger charge is 2.42. The van der Waals surface area contributed by atoms with E-state index in [1.807, 2.05) is 30.3 Å². The van der Waals surface area contributed by atoms with Gasteiger partial charge >= 0.3 is 6.18 Å². The Bertz CT molecular complexity index is 1120. The van der Waals surface area contributed by atoms with Crippen LogP contribution in [0.1, 0.15) is 16.9 Å². The number of para-hydroxylation sites is 1. The Balaban J connectivity index is 1.45. The van der Waals surface area contributed by atoms with Crippen molar-refractivity contribution >= 4 is 17.3 Å². The number of carbonyl (C=O) groups excluding carboxylic acids is 1. The van der Waals surface area contributed by atoms with E-state index in [-0.39, 0.29) is 24.9 Å². The van der Waals surface area contributed by atoms with Gasteiger partial charge in [0, 0.05) is 31.0 Å². The number of furan rings is 1. The molecular formula is C25H24F3N3O2. The van der Waals surface area contributed by atoms with E-state index in [4.69, 9.17) is 4.42 Å². The molecule has 5 nitrogen and oxygen atoms in total. The van der Waals surface area contributed by atoms with Gasteiger partial charge in [0.15, 0.2) is 0 Å². The summed E-state index contributed by atoms with van der Waals surface area (Å²) in [6.45, 7) is 2.21. The molecule has 172 valence electrons. The van der Waals surface area contributed by atoms with Crippen LogP contribution in [-0.2, 0) is 23.9 Å². The maximum absolute atomic E-state index is 13.4. The van der Waals surface area contributed by atoms with Gasteiger partial charge in [0.05, 0.1) is 30.3 Å². The van der Waals surface area contributed by atoms with Crippen molar-refractivity contribution in [2.75, 3.05) is 29.4 Å². The SMILES string of the molecule is O=C(NCc1ccco1)[C@H]1Cc2cc(C(F)(F)F)ccc2N2CCN(c3ccccc3)C[C@@H]12. The topological polar surface area (TPSA) is 48.7 Å². The summed E-state index contributed by atoms with van der Waals surface area (Å²) in [5, 5.41) is 2.92. The first kappa shape index (κ1) is 21.4. The molecule has 5 rings (SSSR count). The quantitative estimate of drug-likeness (QED) is 0.630. The summed E-state index contributed by atoms with van der Waals surface area (Å²) in [5.41, 5.74) is 1.74. The normalized spacial score (nSPS) is 20.2. The summed E-state index contributed by atoms with van der Waals surface area (Å²) in [7, 11) is 0. The number of rotatable bonds is 4. The maximum Gasteiger partial charge on any atom is 0.416 e. The number of anilines is 2. The third kappa shape index (κ3) is 4.29. The van der Waals surface area contributed by atoms with E-state index in [0.717, 1.165) is 24.0 Å². The van der Waals surface area contributed by atoms with Crippen LogP contribution in [0.25, 0.3) is 0 Å². The molecule has 2 aliphatic heterocycles. The molecular weight excluding hydrogens is 431 g/mol. The van der Waals surface area contributed by atoms with Crippen LogP contribution in [0.3, 0.4) is 0 Å². The number of hydrogen-bond donors (Lipinski definition) is 1. The molecule has 1 saturated heterocycles. The van der Waals surface area contributed by atoms with Crippen molar-refractivity contribution in [3.63, 3.8) is 0 Å². The molecule has 0 aliphatic carbocycles. The van der Waals surface area contributed by atoms with Crippen LogP contribution in [0.5, 0.6) is 0 Å². The van der Waals surface area contributed by atoms with Crippen LogP contribution in [0.15, 0.2) is 71.3 Å². The zero-order valence-corrected chi connectivity index (χ0v) is 17.9. The molecule has 0 bridgehead atoms. The number of hydrogen-bond acceptors (Lipinski definition) is 4. The molecule has 1 fully saturated rings. The predicted octanol–water partition coefficient (Wildman–Crippen LogP) is 4.48. The van der Waals surface area contributed by atoms with Crippen LogP contribution in [0.4, 0.5) is 24.5 Å². The van der Waals surface area contributed by atoms with Crippen molar-refractivity contribution in [2.45, 2.75) is 25.2 Å². The summed E-state index contributed by atoms with van der Waals surface area (Å²) >= 11 is 0. The van der Waals surface area contributed by atoms with Gasteiger partial charge in [-0.25, -0.2) is 0 Å². The fourth-order valence-electron chi connectivity index (χ4n) is 4.89. The number of alkyl halides is 3. The van der Waals surface area contributed by atoms with Crippen molar-refractivity contribution < 1.29 is 22.4 Å². The van der Waals surface area contributed by atoms with E-state index in [1.165, 1.54) is 12.3 Å². The number of carbonyl (C=O) groups is 1. The number of fused-ring (bicyclic) bond motifs is 3. The number of halogens is 3. The zero-order valence-electron chi connectivity index (χ0n) is 17.9. The molecule has 0 unspecified atom stereocenters. The van der Waals surface area contributed by atoms with Gasteiger partial charge in [-0.2, -0.15) is 13.2 Å². The lowest BCUT2D eigenvalue weighted by Crippen LogP contribution is -2.61. The number of amides is 1. The largest absolute Gasteiger partial charge is 0.467 e. The fraction of sp³-hybridized carbons (Fsp3) is 0.320. The summed E-state index contributed by atoms with van der Waals surface area (Å²) < 4.78 is 45.4. The molecule has 33 heavy (non-hydrogen) atoms. The highest BCUT2D eigenvalue weighted by molar-refractivity contribution is 5.82. The fourth-order valence-corrected chi connectivity index (χ4v) is 4.89. The van der Waals surface area contributed by atoms with Crippen molar-refractivity contribution in [1.29, 1.82) is 0 Å². The second kappa shape index (κ2) is 8.50. The number of nitrogens with one attached hydrogen (secondary N) is 1. The summed E-state index contributed by atoms with van der Waals surface area (Å²) in [5.74, 6) is -0.0350. The molecule has 3 aromatic rings. The van der Waals surface area contributed by atoms with Crippen molar-refractivity contribution in [3.05, 3.63) is 83.8 Å². The first-order chi connectivity index (χ1) is 15.9. The molecule has 2 aromatic carbocycles. The van der Waals surface area contributed by atoms with Crippen molar-refractivity contribution in [3.8, 4) is 0 Å². The van der Waals surface area contributed by atoms with Crippen LogP contribution in [0.2, 0.25) is 0 Å². The minimum atomic E-state index is -4.42. The second-order valence-corrected chi connectivity index (χ2v) is 8.49. The second-order valence-electron chi connectivity index (χ2n) is 8.49. The Kier molecular flexibility index (Phi) is 5.52. The molecule has 2 aliphatic rings. The number of piperazine rings is 1. The van der Waals surface area contributed by atoms with Gasteiger partial charge in [-0.3, -0.25) is 4.79 Å². The Morgan fingerprint density at radius 2 is 1.88 bits per heavy atom. The van der Waals surface area contributed by atoms with E-state index in [1.54, 1.807) is 18.2 Å². The molecule has 1 N–H and O–H groups in total. The molecule has 3 heterocycles. The average Bonchev–Trinajstić information content (AvgIpc) is 3.35. The molecule has 0 saturated carbocycles. The smallest absolute Gasteiger partial charge is 0.416 e. The van der Waals surface area contributed by atoms with E-state index in [9.17, 15) is 18.0 Å². The van der Waals surface area contributed by atoms with Gasteiger partial charge < -0.3 is 19.5 Å². The third-order valence-corrected chi connectivity index (χ3v) is 6.51. The summed E-state index contributed by atoms with van der Waals surface area (Å²) in [6.07, 6.45) is -2.63. The van der Waals surface area contributed by atoms with Crippen LogP contribution < -0.4 is 15.1 Å². The molecule has 0 spiro atoms. The molecule has 1 amide bonds. The lowest BCUT2D eigenvalue weighted by atomic mass is 9.82. The highest BCUT2D eigenvalue weighted by atomic mass is 19.4. The number of benzene rings is 2. The predicted molar refractivity (Wildman–Crippen MR) is 119 cm³/mol. The zero-order chi connectivity index (χ0) is 23.0. The van der Waals surface area contributed by atoms with Crippen LogP contribution in [-0.4, -0.2) is 31.6 Å². The Labute approximate surface area is 189 Å². The standard InChI is InChI=1S/C25H24F3N3O2/c26-25(27,28)18-8-9-22-17(13-18)14-21(24(32)29-15-20-7-4-12-33-20)23-16-30(10-11-31(22)23)19-5-2-1-3-6-19/h1-9,12-13,21,23H,10-11,14-16H2,(H,29,32)/t21-,23-/m0/s1. The van der Waals surface area contributed by atoms with E-state index in [0.29, 0.717) is 24.4 Å². The summed E-state index contributed by atoms with van der Waals surface area (Å²) in [6, 6.07) is 17.2. The monoisotopic (exact) mass is 455 g/mol.